The molecule has 1 rings (SSSR count). The summed E-state index contributed by atoms with van der Waals surface area (Å²) in [5.41, 5.74) is 1.99. The van der Waals surface area contributed by atoms with Gasteiger partial charge in [-0.15, -0.1) is 0 Å². The van der Waals surface area contributed by atoms with Crippen molar-refractivity contribution in [3.8, 4) is 6.07 Å². The second-order valence-electron chi connectivity index (χ2n) is 3.84. The first-order chi connectivity index (χ1) is 7.93. The maximum atomic E-state index is 12.2. The second kappa shape index (κ2) is 5.69. The van der Waals surface area contributed by atoms with Crippen molar-refractivity contribution >= 4 is 0 Å². The van der Waals surface area contributed by atoms with Crippen LogP contribution in [0.2, 0.25) is 0 Å². The van der Waals surface area contributed by atoms with E-state index in [2.05, 4.69) is 5.32 Å². The highest BCUT2D eigenvalue weighted by Crippen LogP contribution is 2.24. The van der Waals surface area contributed by atoms with Crippen LogP contribution in [0.15, 0.2) is 24.3 Å². The molecule has 0 fully saturated rings. The summed E-state index contributed by atoms with van der Waals surface area (Å²) in [5, 5.41) is 11.0. The van der Waals surface area contributed by atoms with E-state index in [4.69, 9.17) is 5.26 Å². The van der Waals surface area contributed by atoms with E-state index in [0.717, 1.165) is 11.1 Å². The van der Waals surface area contributed by atoms with Gasteiger partial charge in [-0.3, -0.25) is 0 Å². The molecule has 0 bridgehead atoms. The molecular formula is C12H13F3N2. The number of benzene rings is 1. The fourth-order valence-electron chi connectivity index (χ4n) is 1.30. The van der Waals surface area contributed by atoms with E-state index in [9.17, 15) is 13.2 Å². The molecule has 1 unspecified atom stereocenters. The summed E-state index contributed by atoms with van der Waals surface area (Å²) < 4.78 is 36.7. The van der Waals surface area contributed by atoms with Crippen LogP contribution in [0.25, 0.3) is 0 Å². The molecule has 0 aromatic heterocycles. The van der Waals surface area contributed by atoms with E-state index in [1.165, 1.54) is 6.07 Å². The number of nitrogens with one attached hydrogen (secondary N) is 1. The van der Waals surface area contributed by atoms with Gasteiger partial charge in [0.05, 0.1) is 6.07 Å². The monoisotopic (exact) mass is 242 g/mol. The molecule has 0 aliphatic rings. The molecule has 92 valence electrons. The topological polar surface area (TPSA) is 35.8 Å². The van der Waals surface area contributed by atoms with Crippen molar-refractivity contribution in [3.63, 3.8) is 0 Å². The number of halogens is 3. The fraction of sp³-hybridized carbons (Fsp3) is 0.417. The van der Waals surface area contributed by atoms with Crippen LogP contribution in [-0.2, 0) is 6.54 Å². The van der Waals surface area contributed by atoms with Crippen molar-refractivity contribution in [2.24, 2.45) is 5.92 Å². The molecule has 0 amide bonds. The van der Waals surface area contributed by atoms with Crippen LogP contribution in [-0.4, -0.2) is 12.7 Å². The van der Waals surface area contributed by atoms with Gasteiger partial charge in [-0.2, -0.15) is 18.4 Å². The van der Waals surface area contributed by atoms with Gasteiger partial charge < -0.3 is 5.32 Å². The molecule has 1 atom stereocenters. The summed E-state index contributed by atoms with van der Waals surface area (Å²) >= 11 is 0. The maximum Gasteiger partial charge on any atom is 0.405 e. The number of hydrogen-bond donors (Lipinski definition) is 1. The molecule has 0 spiro atoms. The van der Waals surface area contributed by atoms with Crippen LogP contribution in [0.5, 0.6) is 0 Å². The number of nitrogens with zero attached hydrogens (tertiary/aromatic N) is 1. The van der Waals surface area contributed by atoms with Crippen LogP contribution in [0.3, 0.4) is 0 Å². The standard InChI is InChI=1S/C12H13F3N2/c1-9-2-4-10(5-3-9)7-17-8-11(6-16)12(13,14)15/h2-5,11,17H,7-8H2,1H3. The highest BCUT2D eigenvalue weighted by atomic mass is 19.4. The first-order valence-corrected chi connectivity index (χ1v) is 5.16. The van der Waals surface area contributed by atoms with Crippen molar-refractivity contribution in [1.82, 2.24) is 5.32 Å². The van der Waals surface area contributed by atoms with Gasteiger partial charge in [0.1, 0.15) is 0 Å². The van der Waals surface area contributed by atoms with Gasteiger partial charge in [0.15, 0.2) is 5.92 Å². The third kappa shape index (κ3) is 4.45. The van der Waals surface area contributed by atoms with E-state index >= 15 is 0 Å². The summed E-state index contributed by atoms with van der Waals surface area (Å²) in [6.45, 7) is 1.88. The number of aryl methyl sites for hydroxylation is 1. The van der Waals surface area contributed by atoms with Crippen molar-refractivity contribution < 1.29 is 13.2 Å². The Labute approximate surface area is 98.1 Å². The predicted molar refractivity (Wildman–Crippen MR) is 58.0 cm³/mol. The van der Waals surface area contributed by atoms with Crippen LogP contribution in [0.1, 0.15) is 11.1 Å². The maximum absolute atomic E-state index is 12.2. The lowest BCUT2D eigenvalue weighted by molar-refractivity contribution is -0.157. The first-order valence-electron chi connectivity index (χ1n) is 5.16. The molecule has 1 N–H and O–H groups in total. The quantitative estimate of drug-likeness (QED) is 0.881. The van der Waals surface area contributed by atoms with Crippen molar-refractivity contribution in [3.05, 3.63) is 35.4 Å². The molecule has 0 radical (unpaired) electrons. The number of nitriles is 1. The Balaban J connectivity index is 2.42. The zero-order valence-corrected chi connectivity index (χ0v) is 9.38. The average Bonchev–Trinajstić information content (AvgIpc) is 2.25. The second-order valence-corrected chi connectivity index (χ2v) is 3.84. The van der Waals surface area contributed by atoms with E-state index in [1.54, 1.807) is 0 Å². The van der Waals surface area contributed by atoms with Crippen LogP contribution >= 0.6 is 0 Å². The summed E-state index contributed by atoms with van der Waals surface area (Å²) in [6, 6.07) is 8.72. The lowest BCUT2D eigenvalue weighted by Crippen LogP contribution is -2.32. The Morgan fingerprint density at radius 2 is 1.88 bits per heavy atom. The van der Waals surface area contributed by atoms with Crippen molar-refractivity contribution in [2.75, 3.05) is 6.54 Å². The van der Waals surface area contributed by atoms with Gasteiger partial charge >= 0.3 is 6.18 Å². The summed E-state index contributed by atoms with van der Waals surface area (Å²) in [5.74, 6) is -1.95. The normalized spacial score (nSPS) is 13.1. The van der Waals surface area contributed by atoms with Gasteiger partial charge in [-0.25, -0.2) is 0 Å². The number of alkyl halides is 3. The summed E-state index contributed by atoms with van der Waals surface area (Å²) in [4.78, 5) is 0. The summed E-state index contributed by atoms with van der Waals surface area (Å²) in [6.07, 6.45) is -4.46. The largest absolute Gasteiger partial charge is 0.405 e. The third-order valence-corrected chi connectivity index (χ3v) is 2.35. The highest BCUT2D eigenvalue weighted by molar-refractivity contribution is 5.21. The predicted octanol–water partition coefficient (Wildman–Crippen LogP) is 2.79. The van der Waals surface area contributed by atoms with Crippen molar-refractivity contribution in [1.29, 1.82) is 5.26 Å². The summed E-state index contributed by atoms with van der Waals surface area (Å²) in [7, 11) is 0. The Hall–Kier alpha value is -1.54. The lowest BCUT2D eigenvalue weighted by Gasteiger charge is -2.13. The molecule has 0 saturated heterocycles. The van der Waals surface area contributed by atoms with E-state index in [0.29, 0.717) is 6.54 Å². The van der Waals surface area contributed by atoms with E-state index in [1.807, 2.05) is 31.2 Å². The molecular weight excluding hydrogens is 229 g/mol. The molecule has 1 aromatic carbocycles. The molecule has 1 aromatic rings. The van der Waals surface area contributed by atoms with Crippen LogP contribution < -0.4 is 5.32 Å². The Kier molecular flexibility index (Phi) is 4.53. The Morgan fingerprint density at radius 1 is 1.29 bits per heavy atom. The number of hydrogen-bond acceptors (Lipinski definition) is 2. The molecule has 0 saturated carbocycles. The Morgan fingerprint density at radius 3 is 2.35 bits per heavy atom. The average molecular weight is 242 g/mol. The van der Waals surface area contributed by atoms with Gasteiger partial charge in [0.25, 0.3) is 0 Å². The molecule has 0 aliphatic carbocycles. The molecule has 5 heteroatoms. The first kappa shape index (κ1) is 13.5. The van der Waals surface area contributed by atoms with Crippen molar-refractivity contribution in [2.45, 2.75) is 19.6 Å². The van der Waals surface area contributed by atoms with Crippen LogP contribution in [0, 0.1) is 24.2 Å². The Bertz CT molecular complexity index is 390. The van der Waals surface area contributed by atoms with Gasteiger partial charge in [0, 0.05) is 13.1 Å². The molecule has 2 nitrogen and oxygen atoms in total. The van der Waals surface area contributed by atoms with Gasteiger partial charge in [-0.1, -0.05) is 29.8 Å². The molecule has 0 aliphatic heterocycles. The third-order valence-electron chi connectivity index (χ3n) is 2.35. The smallest absolute Gasteiger partial charge is 0.311 e. The molecule has 0 heterocycles. The zero-order valence-electron chi connectivity index (χ0n) is 9.38. The highest BCUT2D eigenvalue weighted by Gasteiger charge is 2.39. The van der Waals surface area contributed by atoms with Gasteiger partial charge in [-0.05, 0) is 12.5 Å². The minimum atomic E-state index is -4.46. The van der Waals surface area contributed by atoms with E-state index < -0.39 is 12.1 Å². The minimum Gasteiger partial charge on any atom is -0.311 e. The molecule has 17 heavy (non-hydrogen) atoms. The lowest BCUT2D eigenvalue weighted by atomic mass is 10.1. The minimum absolute atomic E-state index is 0.328. The SMILES string of the molecule is Cc1ccc(CNCC(C#N)C(F)(F)F)cc1. The fourth-order valence-corrected chi connectivity index (χ4v) is 1.30. The zero-order chi connectivity index (χ0) is 12.9. The van der Waals surface area contributed by atoms with Crippen LogP contribution in [0.4, 0.5) is 13.2 Å². The van der Waals surface area contributed by atoms with Gasteiger partial charge in [0.2, 0.25) is 0 Å². The van der Waals surface area contributed by atoms with E-state index in [-0.39, 0.29) is 6.54 Å². The number of rotatable bonds is 4.